The number of rotatable bonds is 3. The SMILES string of the molecule is CC(C)(C)NCC1CCC(C(C)(C)C)CC1c1ccco1. The lowest BCUT2D eigenvalue weighted by Gasteiger charge is -2.42. The van der Waals surface area contributed by atoms with Gasteiger partial charge < -0.3 is 9.73 Å². The molecule has 1 saturated carbocycles. The van der Waals surface area contributed by atoms with Crippen LogP contribution < -0.4 is 5.32 Å². The van der Waals surface area contributed by atoms with Crippen LogP contribution in [-0.4, -0.2) is 12.1 Å². The van der Waals surface area contributed by atoms with E-state index in [2.05, 4.69) is 52.9 Å². The highest BCUT2D eigenvalue weighted by Gasteiger charge is 2.37. The molecule has 3 atom stereocenters. The maximum Gasteiger partial charge on any atom is 0.107 e. The monoisotopic (exact) mass is 291 g/mol. The summed E-state index contributed by atoms with van der Waals surface area (Å²) in [7, 11) is 0. The molecular weight excluding hydrogens is 258 g/mol. The maximum atomic E-state index is 5.77. The summed E-state index contributed by atoms with van der Waals surface area (Å²) < 4.78 is 5.77. The molecule has 2 nitrogen and oxygen atoms in total. The molecule has 1 N–H and O–H groups in total. The molecule has 1 heterocycles. The molecule has 2 heteroatoms. The molecule has 0 aliphatic heterocycles. The summed E-state index contributed by atoms with van der Waals surface area (Å²) in [6, 6.07) is 4.20. The number of hydrogen-bond donors (Lipinski definition) is 1. The highest BCUT2D eigenvalue weighted by atomic mass is 16.3. The van der Waals surface area contributed by atoms with Gasteiger partial charge in [-0.2, -0.15) is 0 Å². The minimum Gasteiger partial charge on any atom is -0.469 e. The van der Waals surface area contributed by atoms with Crippen molar-refractivity contribution >= 4 is 0 Å². The quantitative estimate of drug-likeness (QED) is 0.826. The summed E-state index contributed by atoms with van der Waals surface area (Å²) in [6.45, 7) is 15.0. The van der Waals surface area contributed by atoms with Gasteiger partial charge in [0.25, 0.3) is 0 Å². The predicted octanol–water partition coefficient (Wildman–Crippen LogP) is 5.21. The van der Waals surface area contributed by atoms with E-state index in [0.29, 0.717) is 17.3 Å². The van der Waals surface area contributed by atoms with Crippen LogP contribution in [0.15, 0.2) is 22.8 Å². The van der Waals surface area contributed by atoms with Crippen LogP contribution in [0, 0.1) is 17.3 Å². The lowest BCUT2D eigenvalue weighted by Crippen LogP contribution is -2.42. The average molecular weight is 291 g/mol. The van der Waals surface area contributed by atoms with Crippen molar-refractivity contribution in [1.82, 2.24) is 5.32 Å². The van der Waals surface area contributed by atoms with Gasteiger partial charge in [0, 0.05) is 11.5 Å². The molecule has 1 aliphatic rings. The smallest absolute Gasteiger partial charge is 0.107 e. The summed E-state index contributed by atoms with van der Waals surface area (Å²) in [5, 5.41) is 3.70. The minimum absolute atomic E-state index is 0.189. The minimum atomic E-state index is 0.189. The highest BCUT2D eigenvalue weighted by molar-refractivity contribution is 5.10. The van der Waals surface area contributed by atoms with Crippen LogP contribution >= 0.6 is 0 Å². The fourth-order valence-corrected chi connectivity index (χ4v) is 3.55. The third-order valence-corrected chi connectivity index (χ3v) is 5.02. The van der Waals surface area contributed by atoms with Crippen LogP contribution in [0.1, 0.15) is 72.5 Å². The number of nitrogens with one attached hydrogen (secondary N) is 1. The molecule has 1 aromatic heterocycles. The Balaban J connectivity index is 2.10. The summed E-state index contributed by atoms with van der Waals surface area (Å²) >= 11 is 0. The van der Waals surface area contributed by atoms with Crippen LogP contribution in [-0.2, 0) is 0 Å². The lowest BCUT2D eigenvalue weighted by molar-refractivity contribution is 0.117. The second-order valence-electron chi connectivity index (χ2n) is 8.89. The van der Waals surface area contributed by atoms with Crippen LogP contribution in [0.4, 0.5) is 0 Å². The molecular formula is C19H33NO. The first-order valence-corrected chi connectivity index (χ1v) is 8.45. The normalized spacial score (nSPS) is 27.8. The molecule has 0 radical (unpaired) electrons. The Labute approximate surface area is 130 Å². The summed E-state index contributed by atoms with van der Waals surface area (Å²) in [5.41, 5.74) is 0.585. The molecule has 1 fully saturated rings. The van der Waals surface area contributed by atoms with E-state index < -0.39 is 0 Å². The second-order valence-corrected chi connectivity index (χ2v) is 8.89. The maximum absolute atomic E-state index is 5.77. The molecule has 0 bridgehead atoms. The summed E-state index contributed by atoms with van der Waals surface area (Å²) in [4.78, 5) is 0. The van der Waals surface area contributed by atoms with Gasteiger partial charge in [-0.15, -0.1) is 0 Å². The molecule has 3 unspecified atom stereocenters. The van der Waals surface area contributed by atoms with Crippen molar-refractivity contribution in [2.24, 2.45) is 17.3 Å². The Morgan fingerprint density at radius 2 is 1.86 bits per heavy atom. The van der Waals surface area contributed by atoms with E-state index in [1.165, 1.54) is 25.0 Å². The Morgan fingerprint density at radius 3 is 2.38 bits per heavy atom. The van der Waals surface area contributed by atoms with Crippen molar-refractivity contribution in [2.45, 2.75) is 72.3 Å². The molecule has 0 spiro atoms. The van der Waals surface area contributed by atoms with E-state index in [1.807, 2.05) is 12.3 Å². The van der Waals surface area contributed by atoms with Crippen LogP contribution in [0.2, 0.25) is 0 Å². The van der Waals surface area contributed by atoms with Crippen molar-refractivity contribution in [3.63, 3.8) is 0 Å². The van der Waals surface area contributed by atoms with Gasteiger partial charge in [0.05, 0.1) is 6.26 Å². The van der Waals surface area contributed by atoms with Crippen LogP contribution in [0.3, 0.4) is 0 Å². The van der Waals surface area contributed by atoms with E-state index in [-0.39, 0.29) is 5.54 Å². The standard InChI is InChI=1S/C19H33NO/c1-18(2,3)15-10-9-14(13-20-19(4,5)6)16(12-15)17-8-7-11-21-17/h7-8,11,14-16,20H,9-10,12-13H2,1-6H3. The fourth-order valence-electron chi connectivity index (χ4n) is 3.55. The van der Waals surface area contributed by atoms with Gasteiger partial charge in [0.2, 0.25) is 0 Å². The molecule has 1 aliphatic carbocycles. The first kappa shape index (κ1) is 16.6. The van der Waals surface area contributed by atoms with Crippen LogP contribution in [0.25, 0.3) is 0 Å². The summed E-state index contributed by atoms with van der Waals surface area (Å²) in [6.07, 6.45) is 5.73. The zero-order valence-corrected chi connectivity index (χ0v) is 14.7. The summed E-state index contributed by atoms with van der Waals surface area (Å²) in [5.74, 6) is 3.23. The van der Waals surface area contributed by atoms with Crippen molar-refractivity contribution in [3.8, 4) is 0 Å². The zero-order valence-electron chi connectivity index (χ0n) is 14.7. The van der Waals surface area contributed by atoms with Crippen molar-refractivity contribution in [2.75, 3.05) is 6.54 Å². The zero-order chi connectivity index (χ0) is 15.7. The molecule has 2 rings (SSSR count). The van der Waals surface area contributed by atoms with Crippen molar-refractivity contribution in [1.29, 1.82) is 0 Å². The largest absolute Gasteiger partial charge is 0.469 e. The third kappa shape index (κ3) is 4.60. The van der Waals surface area contributed by atoms with Crippen molar-refractivity contribution in [3.05, 3.63) is 24.2 Å². The van der Waals surface area contributed by atoms with Gasteiger partial charge in [-0.3, -0.25) is 0 Å². The third-order valence-electron chi connectivity index (χ3n) is 5.02. The van der Waals surface area contributed by atoms with Gasteiger partial charge in [-0.25, -0.2) is 0 Å². The lowest BCUT2D eigenvalue weighted by atomic mass is 9.65. The van der Waals surface area contributed by atoms with Gasteiger partial charge in [-0.05, 0) is 76.0 Å². The first-order chi connectivity index (χ1) is 9.67. The Kier molecular flexibility index (Phi) is 4.87. The van der Waals surface area contributed by atoms with Gasteiger partial charge in [0.15, 0.2) is 0 Å². The van der Waals surface area contributed by atoms with E-state index in [1.54, 1.807) is 0 Å². The average Bonchev–Trinajstić information content (AvgIpc) is 2.87. The van der Waals surface area contributed by atoms with Gasteiger partial charge >= 0.3 is 0 Å². The molecule has 120 valence electrons. The first-order valence-electron chi connectivity index (χ1n) is 8.45. The number of furan rings is 1. The molecule has 21 heavy (non-hydrogen) atoms. The van der Waals surface area contributed by atoms with E-state index in [0.717, 1.165) is 12.5 Å². The fraction of sp³-hybridized carbons (Fsp3) is 0.789. The van der Waals surface area contributed by atoms with Gasteiger partial charge in [0.1, 0.15) is 5.76 Å². The topological polar surface area (TPSA) is 25.2 Å². The van der Waals surface area contributed by atoms with E-state index in [9.17, 15) is 0 Å². The molecule has 0 aromatic carbocycles. The number of hydrogen-bond acceptors (Lipinski definition) is 2. The molecule has 1 aromatic rings. The Hall–Kier alpha value is -0.760. The molecule has 0 amide bonds. The highest BCUT2D eigenvalue weighted by Crippen LogP contribution is 2.46. The predicted molar refractivity (Wildman–Crippen MR) is 89.5 cm³/mol. The second kappa shape index (κ2) is 6.16. The van der Waals surface area contributed by atoms with Gasteiger partial charge in [-0.1, -0.05) is 20.8 Å². The van der Waals surface area contributed by atoms with Crippen molar-refractivity contribution < 1.29 is 4.42 Å². The van der Waals surface area contributed by atoms with E-state index in [4.69, 9.17) is 4.42 Å². The molecule has 0 saturated heterocycles. The Morgan fingerprint density at radius 1 is 1.14 bits per heavy atom. The van der Waals surface area contributed by atoms with E-state index >= 15 is 0 Å². The Bertz CT molecular complexity index is 421. The van der Waals surface area contributed by atoms with Crippen LogP contribution in [0.5, 0.6) is 0 Å².